The Morgan fingerprint density at radius 3 is 2.52 bits per heavy atom. The number of amides is 1. The first-order valence-corrected chi connectivity index (χ1v) is 7.40. The maximum Gasteiger partial charge on any atom is 0.256 e. The summed E-state index contributed by atoms with van der Waals surface area (Å²) in [4.78, 5) is 26.8. The lowest BCUT2D eigenvalue weighted by atomic mass is 10.1. The molecule has 0 saturated heterocycles. The van der Waals surface area contributed by atoms with Gasteiger partial charge in [0.1, 0.15) is 0 Å². The minimum Gasteiger partial charge on any atom is -0.322 e. The van der Waals surface area contributed by atoms with Gasteiger partial charge in [0.05, 0.1) is 5.56 Å². The number of para-hydroxylation sites is 1. The fraction of sp³-hybridized carbons (Fsp3) is 0. The Balaban J connectivity index is 2.01. The number of fused-ring (bicyclic) bond motifs is 1. The van der Waals surface area contributed by atoms with Crippen LogP contribution < -0.4 is 10.9 Å². The first-order chi connectivity index (χ1) is 10.1. The summed E-state index contributed by atoms with van der Waals surface area (Å²) in [7, 11) is 0. The number of hydrogen-bond acceptors (Lipinski definition) is 2. The van der Waals surface area contributed by atoms with Gasteiger partial charge < -0.3 is 10.3 Å². The first kappa shape index (κ1) is 13.8. The van der Waals surface area contributed by atoms with E-state index in [1.165, 1.54) is 6.07 Å². The molecule has 0 unspecified atom stereocenters. The smallest absolute Gasteiger partial charge is 0.256 e. The third kappa shape index (κ3) is 2.97. The molecule has 3 rings (SSSR count). The Bertz CT molecular complexity index is 869. The van der Waals surface area contributed by atoms with E-state index < -0.39 is 0 Å². The number of pyridine rings is 1. The molecule has 3 aromatic rings. The van der Waals surface area contributed by atoms with E-state index in [1.54, 1.807) is 6.07 Å². The first-order valence-electron chi connectivity index (χ1n) is 6.32. The zero-order valence-electron chi connectivity index (χ0n) is 10.9. The number of anilines is 1. The van der Waals surface area contributed by atoms with Crippen LogP contribution in [0.4, 0.5) is 5.69 Å². The normalized spacial score (nSPS) is 10.5. The molecule has 4 nitrogen and oxygen atoms in total. The lowest BCUT2D eigenvalue weighted by Crippen LogP contribution is -2.16. The van der Waals surface area contributed by atoms with Gasteiger partial charge in [-0.05, 0) is 52.9 Å². The summed E-state index contributed by atoms with van der Waals surface area (Å²) in [5.41, 5.74) is 1.43. The topological polar surface area (TPSA) is 62.0 Å². The monoisotopic (exact) mass is 390 g/mol. The molecule has 0 bridgehead atoms. The molecule has 0 saturated carbocycles. The molecule has 2 aromatic carbocycles. The molecule has 0 spiro atoms. The molecular weight excluding hydrogens is 379 g/mol. The molecule has 0 aliphatic heterocycles. The van der Waals surface area contributed by atoms with Crippen LogP contribution in [0, 0.1) is 3.57 Å². The van der Waals surface area contributed by atoms with Crippen LogP contribution in [-0.4, -0.2) is 10.9 Å². The molecule has 2 N–H and O–H groups in total. The molecule has 0 atom stereocenters. The number of hydrogen-bond donors (Lipinski definition) is 2. The summed E-state index contributed by atoms with van der Waals surface area (Å²) >= 11 is 2.20. The second-order valence-corrected chi connectivity index (χ2v) is 5.80. The zero-order chi connectivity index (χ0) is 14.8. The molecule has 0 radical (unpaired) electrons. The van der Waals surface area contributed by atoms with Gasteiger partial charge in [0.15, 0.2) is 0 Å². The maximum atomic E-state index is 12.4. The van der Waals surface area contributed by atoms with E-state index in [4.69, 9.17) is 0 Å². The van der Waals surface area contributed by atoms with Crippen molar-refractivity contribution in [3.8, 4) is 0 Å². The third-order valence-electron chi connectivity index (χ3n) is 3.10. The highest BCUT2D eigenvalue weighted by atomic mass is 127. The summed E-state index contributed by atoms with van der Waals surface area (Å²) in [6.45, 7) is 0. The number of benzene rings is 2. The van der Waals surface area contributed by atoms with E-state index in [0.717, 1.165) is 8.96 Å². The van der Waals surface area contributed by atoms with Crippen molar-refractivity contribution < 1.29 is 4.79 Å². The van der Waals surface area contributed by atoms with Crippen molar-refractivity contribution in [1.82, 2.24) is 4.98 Å². The standard InChI is InChI=1S/C16H11IN2O2/c17-10-5-7-11(8-6-10)18-16(21)13-9-15(20)19-14-4-2-1-3-12(13)14/h1-9H,(H,18,21)(H,19,20). The quantitative estimate of drug-likeness (QED) is 0.660. The molecule has 1 heterocycles. The molecule has 0 aliphatic carbocycles. The predicted molar refractivity (Wildman–Crippen MR) is 91.7 cm³/mol. The molecular formula is C16H11IN2O2. The van der Waals surface area contributed by atoms with Crippen LogP contribution in [0.2, 0.25) is 0 Å². The van der Waals surface area contributed by atoms with Crippen LogP contribution in [0.1, 0.15) is 10.4 Å². The minimum atomic E-state index is -0.293. The van der Waals surface area contributed by atoms with Crippen molar-refractivity contribution in [2.24, 2.45) is 0 Å². The van der Waals surface area contributed by atoms with Gasteiger partial charge in [-0.25, -0.2) is 0 Å². The van der Waals surface area contributed by atoms with Crippen molar-refractivity contribution in [2.75, 3.05) is 5.32 Å². The fourth-order valence-corrected chi connectivity index (χ4v) is 2.48. The average Bonchev–Trinajstić information content (AvgIpc) is 2.48. The van der Waals surface area contributed by atoms with Gasteiger partial charge in [-0.2, -0.15) is 0 Å². The van der Waals surface area contributed by atoms with Gasteiger partial charge >= 0.3 is 0 Å². The van der Waals surface area contributed by atoms with Crippen LogP contribution in [0.3, 0.4) is 0 Å². The van der Waals surface area contributed by atoms with Crippen LogP contribution >= 0.6 is 22.6 Å². The van der Waals surface area contributed by atoms with Crippen LogP contribution in [0.5, 0.6) is 0 Å². The van der Waals surface area contributed by atoms with Gasteiger partial charge in [-0.1, -0.05) is 18.2 Å². The summed E-state index contributed by atoms with van der Waals surface area (Å²) in [5, 5.41) is 3.53. The van der Waals surface area contributed by atoms with E-state index in [2.05, 4.69) is 32.9 Å². The average molecular weight is 390 g/mol. The SMILES string of the molecule is O=C(Nc1ccc(I)cc1)c1cc(=O)[nH]c2ccccc12. The van der Waals surface area contributed by atoms with E-state index >= 15 is 0 Å². The van der Waals surface area contributed by atoms with Crippen LogP contribution in [-0.2, 0) is 0 Å². The zero-order valence-corrected chi connectivity index (χ0v) is 13.0. The van der Waals surface area contributed by atoms with Gasteiger partial charge in [-0.3, -0.25) is 9.59 Å². The van der Waals surface area contributed by atoms with Crippen molar-refractivity contribution in [3.05, 3.63) is 74.1 Å². The second kappa shape index (κ2) is 5.69. The molecule has 104 valence electrons. The molecule has 1 amide bonds. The Kier molecular flexibility index (Phi) is 3.74. The number of carbonyl (C=O) groups excluding carboxylic acids is 1. The van der Waals surface area contributed by atoms with E-state index in [-0.39, 0.29) is 11.5 Å². The third-order valence-corrected chi connectivity index (χ3v) is 3.82. The summed E-state index contributed by atoms with van der Waals surface area (Å²) in [5.74, 6) is -0.293. The molecule has 0 aliphatic rings. The lowest BCUT2D eigenvalue weighted by molar-refractivity contribution is 0.102. The molecule has 5 heteroatoms. The van der Waals surface area contributed by atoms with Gasteiger partial charge in [-0.15, -0.1) is 0 Å². The highest BCUT2D eigenvalue weighted by Crippen LogP contribution is 2.17. The predicted octanol–water partition coefficient (Wildman–Crippen LogP) is 3.39. The summed E-state index contributed by atoms with van der Waals surface area (Å²) in [6.07, 6.45) is 0. The number of aromatic nitrogens is 1. The molecule has 0 fully saturated rings. The summed E-state index contributed by atoms with van der Waals surface area (Å²) in [6, 6.07) is 16.0. The highest BCUT2D eigenvalue weighted by molar-refractivity contribution is 14.1. The van der Waals surface area contributed by atoms with Crippen molar-refractivity contribution in [2.45, 2.75) is 0 Å². The Labute approximate surface area is 134 Å². The van der Waals surface area contributed by atoms with E-state index in [1.807, 2.05) is 42.5 Å². The summed E-state index contributed by atoms with van der Waals surface area (Å²) < 4.78 is 1.09. The number of aromatic amines is 1. The van der Waals surface area contributed by atoms with E-state index in [0.29, 0.717) is 16.8 Å². The second-order valence-electron chi connectivity index (χ2n) is 4.55. The largest absolute Gasteiger partial charge is 0.322 e. The minimum absolute atomic E-state index is 0.290. The molecule has 21 heavy (non-hydrogen) atoms. The van der Waals surface area contributed by atoms with Gasteiger partial charge in [0.2, 0.25) is 5.56 Å². The van der Waals surface area contributed by atoms with Crippen LogP contribution in [0.25, 0.3) is 10.9 Å². The van der Waals surface area contributed by atoms with Crippen molar-refractivity contribution >= 4 is 45.1 Å². The highest BCUT2D eigenvalue weighted by Gasteiger charge is 2.11. The lowest BCUT2D eigenvalue weighted by Gasteiger charge is -2.08. The number of H-pyrrole nitrogens is 1. The molecule has 1 aromatic heterocycles. The maximum absolute atomic E-state index is 12.4. The fourth-order valence-electron chi connectivity index (χ4n) is 2.12. The Hall–Kier alpha value is -2.15. The van der Waals surface area contributed by atoms with Crippen molar-refractivity contribution in [3.63, 3.8) is 0 Å². The van der Waals surface area contributed by atoms with Gasteiger partial charge in [0.25, 0.3) is 5.91 Å². The number of halogens is 1. The Morgan fingerprint density at radius 2 is 1.76 bits per heavy atom. The van der Waals surface area contributed by atoms with Crippen LogP contribution in [0.15, 0.2) is 59.4 Å². The number of carbonyl (C=O) groups is 1. The Morgan fingerprint density at radius 1 is 1.05 bits per heavy atom. The van der Waals surface area contributed by atoms with E-state index in [9.17, 15) is 9.59 Å². The number of rotatable bonds is 2. The van der Waals surface area contributed by atoms with Gasteiger partial charge in [0, 0.05) is 26.2 Å². The van der Waals surface area contributed by atoms with Crippen molar-refractivity contribution in [1.29, 1.82) is 0 Å². The number of nitrogens with one attached hydrogen (secondary N) is 2.